The Hall–Kier alpha value is -0.790. The fourth-order valence-electron chi connectivity index (χ4n) is 5.60. The molecule has 5 unspecified atom stereocenters. The quantitative estimate of drug-likeness (QED) is 0.534. The molecule has 2 fully saturated rings. The second-order valence-electron chi connectivity index (χ2n) is 8.67. The summed E-state index contributed by atoms with van der Waals surface area (Å²) in [5.74, 6) is 2.05. The van der Waals surface area contributed by atoms with Crippen molar-refractivity contribution in [3.63, 3.8) is 0 Å². The number of cyclic esters (lactones) is 1. The van der Waals surface area contributed by atoms with Gasteiger partial charge in [0.25, 0.3) is 0 Å². The molecule has 1 saturated carbocycles. The Kier molecular flexibility index (Phi) is 4.16. The van der Waals surface area contributed by atoms with Crippen molar-refractivity contribution in [1.29, 1.82) is 0 Å². The van der Waals surface area contributed by atoms with E-state index in [0.717, 1.165) is 18.3 Å². The normalized spacial score (nSPS) is 45.2. The Labute approximate surface area is 135 Å². The van der Waals surface area contributed by atoms with Crippen LogP contribution in [0.5, 0.6) is 0 Å². The van der Waals surface area contributed by atoms with Crippen LogP contribution >= 0.6 is 0 Å². The van der Waals surface area contributed by atoms with Crippen LogP contribution in [0.15, 0.2) is 11.6 Å². The Bertz CT molecular complexity index is 480. The van der Waals surface area contributed by atoms with Gasteiger partial charge in [-0.15, -0.1) is 0 Å². The second-order valence-corrected chi connectivity index (χ2v) is 8.67. The lowest BCUT2D eigenvalue weighted by Gasteiger charge is -2.58. The summed E-state index contributed by atoms with van der Waals surface area (Å²) in [4.78, 5) is 11.3. The first kappa shape index (κ1) is 16.1. The molecule has 5 atom stereocenters. The lowest BCUT2D eigenvalue weighted by atomic mass is 9.47. The number of hydrogen-bond acceptors (Lipinski definition) is 2. The van der Waals surface area contributed by atoms with Crippen molar-refractivity contribution < 1.29 is 9.53 Å². The largest absolute Gasteiger partial charge is 0.465 e. The van der Waals surface area contributed by atoms with Gasteiger partial charge in [-0.3, -0.25) is 4.79 Å². The van der Waals surface area contributed by atoms with Crippen molar-refractivity contribution in [3.8, 4) is 0 Å². The van der Waals surface area contributed by atoms with Crippen LogP contribution in [0.3, 0.4) is 0 Å². The van der Waals surface area contributed by atoms with Crippen molar-refractivity contribution in [2.24, 2.45) is 28.6 Å². The first-order valence-corrected chi connectivity index (χ1v) is 9.19. The van der Waals surface area contributed by atoms with Gasteiger partial charge in [-0.05, 0) is 68.1 Å². The van der Waals surface area contributed by atoms with Crippen LogP contribution in [-0.2, 0) is 9.53 Å². The molecule has 0 aromatic carbocycles. The summed E-state index contributed by atoms with van der Waals surface area (Å²) in [6.07, 6.45) is 10.8. The topological polar surface area (TPSA) is 26.3 Å². The molecule has 0 spiro atoms. The molecule has 22 heavy (non-hydrogen) atoms. The first-order chi connectivity index (χ1) is 10.4. The van der Waals surface area contributed by atoms with Crippen LogP contribution < -0.4 is 0 Å². The number of carbonyl (C=O) groups excluding carboxylic acids is 1. The van der Waals surface area contributed by atoms with Crippen molar-refractivity contribution >= 4 is 5.97 Å². The maximum absolute atomic E-state index is 11.3. The van der Waals surface area contributed by atoms with Gasteiger partial charge in [0.15, 0.2) is 0 Å². The minimum Gasteiger partial charge on any atom is -0.465 e. The van der Waals surface area contributed by atoms with E-state index in [0.29, 0.717) is 29.8 Å². The van der Waals surface area contributed by atoms with Crippen LogP contribution in [0.2, 0.25) is 0 Å². The van der Waals surface area contributed by atoms with E-state index in [1.165, 1.54) is 32.1 Å². The minimum atomic E-state index is 0.00753. The molecule has 3 aliphatic rings. The first-order valence-electron chi connectivity index (χ1n) is 9.19. The molecule has 2 aliphatic carbocycles. The van der Waals surface area contributed by atoms with E-state index in [9.17, 15) is 4.79 Å². The van der Waals surface area contributed by atoms with Gasteiger partial charge in [-0.2, -0.15) is 0 Å². The number of esters is 1. The van der Waals surface area contributed by atoms with Gasteiger partial charge in [0.05, 0.1) is 13.0 Å². The van der Waals surface area contributed by atoms with E-state index in [1.54, 1.807) is 5.57 Å². The smallest absolute Gasteiger partial charge is 0.306 e. The third-order valence-corrected chi connectivity index (χ3v) is 7.62. The summed E-state index contributed by atoms with van der Waals surface area (Å²) in [5.41, 5.74) is 2.44. The fraction of sp³-hybridized carbons (Fsp3) is 0.850. The molecule has 1 aliphatic heterocycles. The van der Waals surface area contributed by atoms with Crippen LogP contribution in [0, 0.1) is 28.6 Å². The highest BCUT2D eigenvalue weighted by Gasteiger charge is 2.53. The Morgan fingerprint density at radius 3 is 2.77 bits per heavy atom. The predicted molar refractivity (Wildman–Crippen MR) is 89.4 cm³/mol. The molecule has 0 aromatic rings. The third kappa shape index (κ3) is 2.53. The summed E-state index contributed by atoms with van der Waals surface area (Å²) >= 11 is 0. The Morgan fingerprint density at radius 1 is 1.32 bits per heavy atom. The molecule has 0 N–H and O–H groups in total. The standard InChI is InChI=1S/C20H32O2/c1-14-6-5-7-17-19(14,3)10-8-15(2)20(17,4)11-9-16-12-18(21)22-13-16/h6,15-17H,5,7-13H2,1-4H3. The molecule has 124 valence electrons. The zero-order chi connectivity index (χ0) is 16.0. The molecular weight excluding hydrogens is 272 g/mol. The van der Waals surface area contributed by atoms with E-state index >= 15 is 0 Å². The van der Waals surface area contributed by atoms with Gasteiger partial charge in [-0.1, -0.05) is 32.4 Å². The summed E-state index contributed by atoms with van der Waals surface area (Å²) in [7, 11) is 0. The zero-order valence-corrected chi connectivity index (χ0v) is 14.8. The predicted octanol–water partition coefficient (Wildman–Crippen LogP) is 5.13. The number of ether oxygens (including phenoxy) is 1. The SMILES string of the molecule is CC1=CCCC2C1(C)CCC(C)C2(C)CCC1COC(=O)C1. The fourth-order valence-corrected chi connectivity index (χ4v) is 5.60. The highest BCUT2D eigenvalue weighted by atomic mass is 16.5. The minimum absolute atomic E-state index is 0.00753. The monoisotopic (exact) mass is 304 g/mol. The van der Waals surface area contributed by atoms with Gasteiger partial charge in [-0.25, -0.2) is 0 Å². The molecular formula is C20H32O2. The summed E-state index contributed by atoms with van der Waals surface area (Å²) in [5, 5.41) is 0. The van der Waals surface area contributed by atoms with Crippen molar-refractivity contribution in [1.82, 2.24) is 0 Å². The second kappa shape index (κ2) is 5.69. The number of carbonyl (C=O) groups is 1. The number of fused-ring (bicyclic) bond motifs is 1. The van der Waals surface area contributed by atoms with Crippen molar-refractivity contribution in [2.45, 2.75) is 72.6 Å². The van der Waals surface area contributed by atoms with Gasteiger partial charge in [0.1, 0.15) is 0 Å². The van der Waals surface area contributed by atoms with Crippen LogP contribution in [0.25, 0.3) is 0 Å². The summed E-state index contributed by atoms with van der Waals surface area (Å²) < 4.78 is 5.16. The zero-order valence-electron chi connectivity index (χ0n) is 14.8. The molecule has 2 nitrogen and oxygen atoms in total. The molecule has 0 radical (unpaired) electrons. The molecule has 0 aromatic heterocycles. The van der Waals surface area contributed by atoms with E-state index in [4.69, 9.17) is 4.74 Å². The number of hydrogen-bond donors (Lipinski definition) is 0. The Balaban J connectivity index is 1.77. The molecule has 0 amide bonds. The van der Waals surface area contributed by atoms with E-state index in [-0.39, 0.29) is 5.97 Å². The van der Waals surface area contributed by atoms with Gasteiger partial charge in [0, 0.05) is 5.92 Å². The molecule has 2 heteroatoms. The molecule has 1 heterocycles. The number of allylic oxidation sites excluding steroid dienone is 2. The average Bonchev–Trinajstić information content (AvgIpc) is 2.90. The molecule has 0 bridgehead atoms. The molecule has 3 rings (SSSR count). The average molecular weight is 304 g/mol. The van der Waals surface area contributed by atoms with Gasteiger partial charge < -0.3 is 4.74 Å². The lowest BCUT2D eigenvalue weighted by Crippen LogP contribution is -2.49. The van der Waals surface area contributed by atoms with Crippen molar-refractivity contribution in [3.05, 3.63) is 11.6 Å². The van der Waals surface area contributed by atoms with Crippen molar-refractivity contribution in [2.75, 3.05) is 6.61 Å². The summed E-state index contributed by atoms with van der Waals surface area (Å²) in [6.45, 7) is 10.5. The van der Waals surface area contributed by atoms with Gasteiger partial charge >= 0.3 is 5.97 Å². The number of rotatable bonds is 3. The maximum Gasteiger partial charge on any atom is 0.306 e. The summed E-state index contributed by atoms with van der Waals surface area (Å²) in [6, 6.07) is 0. The highest BCUT2D eigenvalue weighted by molar-refractivity contribution is 5.71. The highest BCUT2D eigenvalue weighted by Crippen LogP contribution is 2.62. The van der Waals surface area contributed by atoms with E-state index in [2.05, 4.69) is 33.8 Å². The third-order valence-electron chi connectivity index (χ3n) is 7.62. The van der Waals surface area contributed by atoms with Crippen LogP contribution in [0.4, 0.5) is 0 Å². The van der Waals surface area contributed by atoms with Crippen LogP contribution in [-0.4, -0.2) is 12.6 Å². The van der Waals surface area contributed by atoms with Gasteiger partial charge in [0.2, 0.25) is 0 Å². The Morgan fingerprint density at radius 2 is 2.09 bits per heavy atom. The molecule has 1 saturated heterocycles. The van der Waals surface area contributed by atoms with E-state index in [1.807, 2.05) is 0 Å². The van der Waals surface area contributed by atoms with Crippen LogP contribution in [0.1, 0.15) is 72.6 Å². The lowest BCUT2D eigenvalue weighted by molar-refractivity contribution is -0.137. The maximum atomic E-state index is 11.3. The van der Waals surface area contributed by atoms with E-state index < -0.39 is 0 Å².